The van der Waals surface area contributed by atoms with Crippen LogP contribution in [0.1, 0.15) is 42.6 Å². The molecule has 0 atom stereocenters. The second kappa shape index (κ2) is 5.63. The fourth-order valence-electron chi connectivity index (χ4n) is 2.29. The summed E-state index contributed by atoms with van der Waals surface area (Å²) < 4.78 is 0. The van der Waals surface area contributed by atoms with Crippen molar-refractivity contribution in [3.8, 4) is 0 Å². The molecule has 0 aromatic carbocycles. The minimum atomic E-state index is -0.503. The van der Waals surface area contributed by atoms with E-state index in [0.29, 0.717) is 0 Å². The van der Waals surface area contributed by atoms with Gasteiger partial charge < -0.3 is 10.4 Å². The quantitative estimate of drug-likeness (QED) is 0.873. The minimum Gasteiger partial charge on any atom is -0.394 e. The van der Waals surface area contributed by atoms with E-state index in [1.165, 1.54) is 12.1 Å². The largest absolute Gasteiger partial charge is 0.394 e. The number of hydrogen-bond donors (Lipinski definition) is 2. The molecule has 1 amide bonds. The fraction of sp³-hybridized carbons (Fsp3) is 0.583. The normalized spacial score (nSPS) is 18.3. The van der Waals surface area contributed by atoms with Gasteiger partial charge in [-0.1, -0.05) is 30.9 Å². The molecule has 2 N–H and O–H groups in total. The molecule has 18 heavy (non-hydrogen) atoms. The van der Waals surface area contributed by atoms with Gasteiger partial charge in [0, 0.05) is 0 Å². The van der Waals surface area contributed by atoms with Crippen LogP contribution in [0.5, 0.6) is 0 Å². The zero-order chi connectivity index (χ0) is 13.0. The van der Waals surface area contributed by atoms with Crippen LogP contribution in [0.3, 0.4) is 0 Å². The lowest BCUT2D eigenvalue weighted by Gasteiger charge is -2.36. The van der Waals surface area contributed by atoms with Crippen molar-refractivity contribution in [2.45, 2.75) is 37.6 Å². The highest BCUT2D eigenvalue weighted by molar-refractivity contribution is 6.29. The Kier molecular flexibility index (Phi) is 4.14. The molecule has 0 saturated heterocycles. The van der Waals surface area contributed by atoms with Gasteiger partial charge in [-0.25, -0.2) is 0 Å². The summed E-state index contributed by atoms with van der Waals surface area (Å²) in [4.78, 5) is 12.0. The van der Waals surface area contributed by atoms with Gasteiger partial charge in [-0.2, -0.15) is 0 Å². The molecule has 2 rings (SSSR count). The molecule has 6 heteroatoms. The van der Waals surface area contributed by atoms with E-state index in [0.717, 1.165) is 32.1 Å². The second-order valence-electron chi connectivity index (χ2n) is 4.69. The maximum atomic E-state index is 12.0. The Balaban J connectivity index is 2.07. The van der Waals surface area contributed by atoms with Gasteiger partial charge in [-0.3, -0.25) is 4.79 Å². The van der Waals surface area contributed by atoms with Crippen molar-refractivity contribution in [2.75, 3.05) is 6.61 Å². The monoisotopic (exact) mass is 269 g/mol. The van der Waals surface area contributed by atoms with Crippen LogP contribution in [-0.4, -0.2) is 33.4 Å². The van der Waals surface area contributed by atoms with Crippen LogP contribution in [0.25, 0.3) is 0 Å². The summed E-state index contributed by atoms with van der Waals surface area (Å²) in [5, 5.41) is 20.0. The third kappa shape index (κ3) is 2.97. The molecular weight excluding hydrogens is 254 g/mol. The summed E-state index contributed by atoms with van der Waals surface area (Å²) in [6.07, 6.45) is 4.80. The smallest absolute Gasteiger partial charge is 0.272 e. The zero-order valence-electron chi connectivity index (χ0n) is 10.0. The molecule has 1 aromatic heterocycles. The second-order valence-corrected chi connectivity index (χ2v) is 5.08. The Hall–Kier alpha value is -1.20. The standard InChI is InChI=1S/C12H16ClN3O2/c13-10-5-4-9(15-16-10)11(18)14-12(8-17)6-2-1-3-7-12/h4-5,17H,1-3,6-8H2,(H,14,18). The third-order valence-electron chi connectivity index (χ3n) is 3.36. The van der Waals surface area contributed by atoms with E-state index in [-0.39, 0.29) is 23.4 Å². The molecule has 1 aromatic rings. The molecular formula is C12H16ClN3O2. The number of aromatic nitrogens is 2. The van der Waals surface area contributed by atoms with E-state index in [1.54, 1.807) is 0 Å². The Morgan fingerprint density at radius 1 is 1.33 bits per heavy atom. The third-order valence-corrected chi connectivity index (χ3v) is 3.56. The number of halogens is 1. The topological polar surface area (TPSA) is 75.1 Å². The van der Waals surface area contributed by atoms with E-state index in [9.17, 15) is 9.90 Å². The van der Waals surface area contributed by atoms with Crippen LogP contribution in [0.2, 0.25) is 5.15 Å². The van der Waals surface area contributed by atoms with Gasteiger partial charge >= 0.3 is 0 Å². The van der Waals surface area contributed by atoms with Gasteiger partial charge in [0.25, 0.3) is 5.91 Å². The van der Waals surface area contributed by atoms with Gasteiger partial charge in [0.15, 0.2) is 10.8 Å². The maximum Gasteiger partial charge on any atom is 0.272 e. The molecule has 0 bridgehead atoms. The number of rotatable bonds is 3. The van der Waals surface area contributed by atoms with Crippen molar-refractivity contribution in [3.05, 3.63) is 23.0 Å². The van der Waals surface area contributed by atoms with Gasteiger partial charge in [-0.15, -0.1) is 10.2 Å². The molecule has 0 unspecified atom stereocenters. The Morgan fingerprint density at radius 2 is 2.06 bits per heavy atom. The SMILES string of the molecule is O=C(NC1(CO)CCCCC1)c1ccc(Cl)nn1. The molecule has 0 spiro atoms. The van der Waals surface area contributed by atoms with E-state index >= 15 is 0 Å². The Labute approximate surface area is 111 Å². The molecule has 98 valence electrons. The minimum absolute atomic E-state index is 0.0419. The van der Waals surface area contributed by atoms with Crippen molar-refractivity contribution in [1.82, 2.24) is 15.5 Å². The first-order valence-electron chi connectivity index (χ1n) is 6.08. The van der Waals surface area contributed by atoms with E-state index in [2.05, 4.69) is 15.5 Å². The van der Waals surface area contributed by atoms with Crippen molar-refractivity contribution < 1.29 is 9.90 Å². The fourth-order valence-corrected chi connectivity index (χ4v) is 2.39. The average Bonchev–Trinajstić information content (AvgIpc) is 2.40. The highest BCUT2D eigenvalue weighted by Crippen LogP contribution is 2.27. The van der Waals surface area contributed by atoms with E-state index in [4.69, 9.17) is 11.6 Å². The summed E-state index contributed by atoms with van der Waals surface area (Å²) >= 11 is 5.62. The summed E-state index contributed by atoms with van der Waals surface area (Å²) in [7, 11) is 0. The Morgan fingerprint density at radius 3 is 2.61 bits per heavy atom. The molecule has 1 fully saturated rings. The van der Waals surface area contributed by atoms with Crippen LogP contribution >= 0.6 is 11.6 Å². The Bertz CT molecular complexity index is 416. The summed E-state index contributed by atoms with van der Waals surface area (Å²) in [6, 6.07) is 3.05. The van der Waals surface area contributed by atoms with Crippen LogP contribution < -0.4 is 5.32 Å². The number of aliphatic hydroxyl groups excluding tert-OH is 1. The first-order valence-corrected chi connectivity index (χ1v) is 6.46. The number of nitrogens with one attached hydrogen (secondary N) is 1. The summed E-state index contributed by atoms with van der Waals surface area (Å²) in [5.41, 5.74) is -0.283. The number of nitrogens with zero attached hydrogens (tertiary/aromatic N) is 2. The predicted octanol–water partition coefficient (Wildman–Crippen LogP) is 1.55. The summed E-state index contributed by atoms with van der Waals surface area (Å²) in [6.45, 7) is -0.0419. The van der Waals surface area contributed by atoms with Gasteiger partial charge in [0.05, 0.1) is 12.1 Å². The summed E-state index contributed by atoms with van der Waals surface area (Å²) in [5.74, 6) is -0.310. The molecule has 1 aliphatic carbocycles. The van der Waals surface area contributed by atoms with E-state index < -0.39 is 5.54 Å². The van der Waals surface area contributed by atoms with Crippen LogP contribution in [0.4, 0.5) is 0 Å². The van der Waals surface area contributed by atoms with Crippen LogP contribution in [0, 0.1) is 0 Å². The van der Waals surface area contributed by atoms with Crippen molar-refractivity contribution in [2.24, 2.45) is 0 Å². The molecule has 1 aliphatic rings. The number of amides is 1. The lowest BCUT2D eigenvalue weighted by Crippen LogP contribution is -2.52. The molecule has 1 heterocycles. The zero-order valence-corrected chi connectivity index (χ0v) is 10.8. The number of carbonyl (C=O) groups excluding carboxylic acids is 1. The van der Waals surface area contributed by atoms with Crippen molar-refractivity contribution in [1.29, 1.82) is 0 Å². The molecule has 0 radical (unpaired) electrons. The molecule has 1 saturated carbocycles. The lowest BCUT2D eigenvalue weighted by molar-refractivity contribution is 0.0753. The van der Waals surface area contributed by atoms with Crippen molar-refractivity contribution >= 4 is 17.5 Å². The highest BCUT2D eigenvalue weighted by atomic mass is 35.5. The number of hydrogen-bond acceptors (Lipinski definition) is 4. The maximum absolute atomic E-state index is 12.0. The van der Waals surface area contributed by atoms with Crippen LogP contribution in [0.15, 0.2) is 12.1 Å². The molecule has 5 nitrogen and oxygen atoms in total. The van der Waals surface area contributed by atoms with E-state index in [1.807, 2.05) is 0 Å². The highest BCUT2D eigenvalue weighted by Gasteiger charge is 2.33. The average molecular weight is 270 g/mol. The first-order chi connectivity index (χ1) is 8.65. The number of aliphatic hydroxyl groups is 1. The van der Waals surface area contributed by atoms with Gasteiger partial charge in [0.1, 0.15) is 0 Å². The van der Waals surface area contributed by atoms with Crippen LogP contribution in [-0.2, 0) is 0 Å². The first kappa shape index (κ1) is 13.2. The van der Waals surface area contributed by atoms with Crippen molar-refractivity contribution in [3.63, 3.8) is 0 Å². The number of carbonyl (C=O) groups is 1. The predicted molar refractivity (Wildman–Crippen MR) is 67.4 cm³/mol. The molecule has 0 aliphatic heterocycles. The lowest BCUT2D eigenvalue weighted by atomic mass is 9.82. The van der Waals surface area contributed by atoms with Gasteiger partial charge in [0.2, 0.25) is 0 Å². The van der Waals surface area contributed by atoms with Gasteiger partial charge in [-0.05, 0) is 25.0 Å².